The van der Waals surface area contributed by atoms with E-state index in [-0.39, 0.29) is 12.5 Å². The number of hydrogen-bond acceptors (Lipinski definition) is 6. The highest BCUT2D eigenvalue weighted by molar-refractivity contribution is 9.11. The number of nitrogens with one attached hydrogen (secondary N) is 2. The molecule has 0 aliphatic carbocycles. The standard InChI is InChI=1S/C26H25Br2N3O5/c1-4-35-23-13-18(8-9-22(23)34-3)26(33)31-29-14-17-11-20(27)25(21(28)12-17)36-15-24(32)30-19-7-5-6-16(2)10-19/h5-14H,4,15H2,1-3H3,(H,30,32)(H,31,33)/b29-14+. The van der Waals surface area contributed by atoms with Crippen LogP contribution in [0.4, 0.5) is 5.69 Å². The number of nitrogens with zero attached hydrogens (tertiary/aromatic N) is 1. The molecule has 0 heterocycles. The quantitative estimate of drug-likeness (QED) is 0.224. The molecule has 0 aliphatic rings. The van der Waals surface area contributed by atoms with Gasteiger partial charge in [0.25, 0.3) is 11.8 Å². The second-order valence-corrected chi connectivity index (χ2v) is 9.23. The van der Waals surface area contributed by atoms with E-state index in [1.165, 1.54) is 13.3 Å². The Bertz CT molecular complexity index is 1260. The molecule has 36 heavy (non-hydrogen) atoms. The van der Waals surface area contributed by atoms with Gasteiger partial charge in [0.15, 0.2) is 18.1 Å². The lowest BCUT2D eigenvalue weighted by atomic mass is 10.2. The molecule has 0 aliphatic heterocycles. The minimum Gasteiger partial charge on any atom is -0.493 e. The van der Waals surface area contributed by atoms with Crippen LogP contribution in [-0.4, -0.2) is 38.4 Å². The fourth-order valence-electron chi connectivity index (χ4n) is 3.17. The number of aryl methyl sites for hydroxylation is 1. The summed E-state index contributed by atoms with van der Waals surface area (Å²) in [4.78, 5) is 24.7. The van der Waals surface area contributed by atoms with Gasteiger partial charge >= 0.3 is 0 Å². The second-order valence-electron chi connectivity index (χ2n) is 7.52. The maximum absolute atomic E-state index is 12.5. The van der Waals surface area contributed by atoms with Crippen molar-refractivity contribution in [2.45, 2.75) is 13.8 Å². The summed E-state index contributed by atoms with van der Waals surface area (Å²) in [6, 6.07) is 15.9. The number of hydrogen-bond donors (Lipinski definition) is 2. The average molecular weight is 619 g/mol. The molecular weight excluding hydrogens is 594 g/mol. The SMILES string of the molecule is CCOc1cc(C(=O)N/N=C/c2cc(Br)c(OCC(=O)Nc3cccc(C)c3)c(Br)c2)ccc1OC. The van der Waals surface area contributed by atoms with Crippen molar-refractivity contribution in [2.24, 2.45) is 5.10 Å². The minimum absolute atomic E-state index is 0.166. The van der Waals surface area contributed by atoms with Crippen molar-refractivity contribution in [3.8, 4) is 17.2 Å². The number of carbonyl (C=O) groups is 2. The molecule has 3 aromatic carbocycles. The zero-order valence-electron chi connectivity index (χ0n) is 19.9. The number of carbonyl (C=O) groups excluding carboxylic acids is 2. The van der Waals surface area contributed by atoms with Gasteiger partial charge in [-0.1, -0.05) is 12.1 Å². The number of methoxy groups -OCH3 is 1. The summed E-state index contributed by atoms with van der Waals surface area (Å²) < 4.78 is 17.7. The smallest absolute Gasteiger partial charge is 0.271 e. The van der Waals surface area contributed by atoms with E-state index < -0.39 is 5.91 Å². The molecule has 0 unspecified atom stereocenters. The first-order chi connectivity index (χ1) is 17.3. The van der Waals surface area contributed by atoms with Crippen LogP contribution in [0.15, 0.2) is 68.6 Å². The molecule has 0 spiro atoms. The zero-order chi connectivity index (χ0) is 26.1. The highest BCUT2D eigenvalue weighted by Gasteiger charge is 2.13. The van der Waals surface area contributed by atoms with Crippen molar-refractivity contribution >= 4 is 55.6 Å². The fraction of sp³-hybridized carbons (Fsp3) is 0.192. The van der Waals surface area contributed by atoms with Gasteiger partial charge in [-0.25, -0.2) is 5.43 Å². The van der Waals surface area contributed by atoms with Gasteiger partial charge < -0.3 is 19.5 Å². The Morgan fingerprint density at radius 2 is 1.75 bits per heavy atom. The van der Waals surface area contributed by atoms with Gasteiger partial charge in [0, 0.05) is 11.3 Å². The molecule has 188 valence electrons. The van der Waals surface area contributed by atoms with Gasteiger partial charge in [0.05, 0.1) is 28.9 Å². The third kappa shape index (κ3) is 7.56. The van der Waals surface area contributed by atoms with E-state index in [0.717, 1.165) is 5.56 Å². The molecule has 0 atom stereocenters. The van der Waals surface area contributed by atoms with Crippen molar-refractivity contribution in [3.63, 3.8) is 0 Å². The third-order valence-electron chi connectivity index (χ3n) is 4.78. The van der Waals surface area contributed by atoms with Crippen LogP contribution in [0, 0.1) is 6.92 Å². The predicted molar refractivity (Wildman–Crippen MR) is 146 cm³/mol. The summed E-state index contributed by atoms with van der Waals surface area (Å²) in [6.45, 7) is 4.08. The summed E-state index contributed by atoms with van der Waals surface area (Å²) >= 11 is 6.91. The van der Waals surface area contributed by atoms with E-state index in [2.05, 4.69) is 47.7 Å². The van der Waals surface area contributed by atoms with E-state index in [1.54, 1.807) is 30.3 Å². The molecule has 0 aromatic heterocycles. The molecule has 0 saturated heterocycles. The van der Waals surface area contributed by atoms with Crippen molar-refractivity contribution in [1.82, 2.24) is 5.43 Å². The molecule has 8 nitrogen and oxygen atoms in total. The van der Waals surface area contributed by atoms with E-state index in [9.17, 15) is 9.59 Å². The topological polar surface area (TPSA) is 98.3 Å². The van der Waals surface area contributed by atoms with Gasteiger partial charge in [-0.15, -0.1) is 0 Å². The molecule has 2 amide bonds. The molecular formula is C26H25Br2N3O5. The molecule has 2 N–H and O–H groups in total. The van der Waals surface area contributed by atoms with Crippen LogP contribution in [0.3, 0.4) is 0 Å². The summed E-state index contributed by atoms with van der Waals surface area (Å²) in [5.74, 6) is 0.817. The van der Waals surface area contributed by atoms with Crippen LogP contribution >= 0.6 is 31.9 Å². The molecule has 3 aromatic rings. The Balaban J connectivity index is 1.60. The monoisotopic (exact) mass is 617 g/mol. The number of benzene rings is 3. The maximum Gasteiger partial charge on any atom is 0.271 e. The van der Waals surface area contributed by atoms with E-state index >= 15 is 0 Å². The molecule has 3 rings (SSSR count). The third-order valence-corrected chi connectivity index (χ3v) is 5.95. The first kappa shape index (κ1) is 27.2. The van der Waals surface area contributed by atoms with Crippen LogP contribution in [0.25, 0.3) is 0 Å². The van der Waals surface area contributed by atoms with Crippen LogP contribution < -0.4 is 25.0 Å². The van der Waals surface area contributed by atoms with Crippen molar-refractivity contribution < 1.29 is 23.8 Å². The van der Waals surface area contributed by atoms with Crippen LogP contribution in [0.5, 0.6) is 17.2 Å². The first-order valence-electron chi connectivity index (χ1n) is 10.9. The summed E-state index contributed by atoms with van der Waals surface area (Å²) in [6.07, 6.45) is 1.49. The number of amides is 2. The molecule has 0 bridgehead atoms. The Hall–Kier alpha value is -3.37. The lowest BCUT2D eigenvalue weighted by molar-refractivity contribution is -0.118. The largest absolute Gasteiger partial charge is 0.493 e. The summed E-state index contributed by atoms with van der Waals surface area (Å²) in [5.41, 5.74) is 5.32. The number of ether oxygens (including phenoxy) is 3. The van der Waals surface area contributed by atoms with E-state index in [0.29, 0.717) is 49.6 Å². The second kappa shape index (κ2) is 13.1. The highest BCUT2D eigenvalue weighted by Crippen LogP contribution is 2.34. The van der Waals surface area contributed by atoms with Gasteiger partial charge in [-0.3, -0.25) is 9.59 Å². The molecule has 10 heteroatoms. The van der Waals surface area contributed by atoms with Gasteiger partial charge in [0.1, 0.15) is 5.75 Å². The van der Waals surface area contributed by atoms with Gasteiger partial charge in [0.2, 0.25) is 0 Å². The highest BCUT2D eigenvalue weighted by atomic mass is 79.9. The van der Waals surface area contributed by atoms with Crippen LogP contribution in [0.2, 0.25) is 0 Å². The van der Waals surface area contributed by atoms with Gasteiger partial charge in [-0.05, 0) is 99.3 Å². The Labute approximate surface area is 226 Å². The Morgan fingerprint density at radius 1 is 1.00 bits per heavy atom. The van der Waals surface area contributed by atoms with Gasteiger partial charge in [-0.2, -0.15) is 5.10 Å². The van der Waals surface area contributed by atoms with E-state index in [4.69, 9.17) is 14.2 Å². The summed E-state index contributed by atoms with van der Waals surface area (Å²) in [7, 11) is 1.54. The fourth-order valence-corrected chi connectivity index (χ4v) is 4.62. The molecule has 0 saturated carbocycles. The first-order valence-corrected chi connectivity index (χ1v) is 12.5. The van der Waals surface area contributed by atoms with Crippen molar-refractivity contribution in [1.29, 1.82) is 0 Å². The Morgan fingerprint density at radius 3 is 2.42 bits per heavy atom. The maximum atomic E-state index is 12.5. The number of rotatable bonds is 10. The Kier molecular flexibility index (Phi) is 9.89. The number of halogens is 2. The van der Waals surface area contributed by atoms with Crippen molar-refractivity contribution in [2.75, 3.05) is 25.6 Å². The molecule has 0 fully saturated rings. The zero-order valence-corrected chi connectivity index (χ0v) is 23.1. The molecule has 0 radical (unpaired) electrons. The predicted octanol–water partition coefficient (Wildman–Crippen LogP) is 5.71. The average Bonchev–Trinajstić information content (AvgIpc) is 2.83. The lowest BCUT2D eigenvalue weighted by Gasteiger charge is -2.12. The summed E-state index contributed by atoms with van der Waals surface area (Å²) in [5, 5.41) is 6.83. The minimum atomic E-state index is -0.396. The van der Waals surface area contributed by atoms with Crippen molar-refractivity contribution in [3.05, 3.63) is 80.2 Å². The van der Waals surface area contributed by atoms with Crippen LogP contribution in [-0.2, 0) is 4.79 Å². The normalized spacial score (nSPS) is 10.7. The number of hydrazone groups is 1. The van der Waals surface area contributed by atoms with E-state index in [1.807, 2.05) is 38.1 Å². The van der Waals surface area contributed by atoms with Crippen LogP contribution in [0.1, 0.15) is 28.4 Å². The lowest BCUT2D eigenvalue weighted by Crippen LogP contribution is -2.20. The number of anilines is 1.